The Morgan fingerprint density at radius 1 is 1.10 bits per heavy atom. The van der Waals surface area contributed by atoms with Crippen molar-refractivity contribution in [1.29, 1.82) is 0 Å². The minimum absolute atomic E-state index is 0.0124. The molecule has 3 aromatic rings. The van der Waals surface area contributed by atoms with E-state index in [-0.39, 0.29) is 11.9 Å². The van der Waals surface area contributed by atoms with E-state index in [2.05, 4.69) is 18.0 Å². The van der Waals surface area contributed by atoms with Crippen molar-refractivity contribution in [2.45, 2.75) is 26.3 Å². The Kier molecular flexibility index (Phi) is 4.98. The fraction of sp³-hybridized carbons (Fsp3) is 0.280. The van der Waals surface area contributed by atoms with Gasteiger partial charge in [-0.25, -0.2) is 4.98 Å². The number of para-hydroxylation sites is 1. The Bertz CT molecular complexity index is 1160. The fourth-order valence-corrected chi connectivity index (χ4v) is 4.37. The van der Waals surface area contributed by atoms with Crippen molar-refractivity contribution >= 4 is 12.0 Å². The van der Waals surface area contributed by atoms with Crippen molar-refractivity contribution in [2.24, 2.45) is 0 Å². The van der Waals surface area contributed by atoms with Crippen LogP contribution in [0.1, 0.15) is 34.8 Å². The van der Waals surface area contributed by atoms with Gasteiger partial charge in [0.25, 0.3) is 5.91 Å². The molecule has 0 bridgehead atoms. The number of morpholine rings is 1. The van der Waals surface area contributed by atoms with Crippen LogP contribution in [0.2, 0.25) is 0 Å². The number of nitrogens with zero attached hydrogens (tertiary/aromatic N) is 3. The zero-order valence-electron chi connectivity index (χ0n) is 17.7. The monoisotopic (exact) mass is 415 g/mol. The predicted molar refractivity (Wildman–Crippen MR) is 118 cm³/mol. The van der Waals surface area contributed by atoms with Gasteiger partial charge in [-0.05, 0) is 49.2 Å². The van der Waals surface area contributed by atoms with Gasteiger partial charge in [-0.2, -0.15) is 0 Å². The molecule has 0 aliphatic carbocycles. The van der Waals surface area contributed by atoms with Crippen LogP contribution < -0.4 is 4.74 Å². The number of fused-ring (bicyclic) bond motifs is 1. The summed E-state index contributed by atoms with van der Waals surface area (Å²) >= 11 is 0. The summed E-state index contributed by atoms with van der Waals surface area (Å²) in [5.74, 6) is 1.19. The lowest BCUT2D eigenvalue weighted by Gasteiger charge is -2.38. The van der Waals surface area contributed by atoms with Crippen LogP contribution in [0.4, 0.5) is 0 Å². The van der Waals surface area contributed by atoms with Gasteiger partial charge in [0.2, 0.25) is 0 Å². The number of imidazole rings is 1. The van der Waals surface area contributed by atoms with Crippen LogP contribution in [-0.2, 0) is 9.53 Å². The molecule has 6 heteroatoms. The average Bonchev–Trinajstić information content (AvgIpc) is 3.21. The zero-order chi connectivity index (χ0) is 21.4. The zero-order valence-corrected chi connectivity index (χ0v) is 17.7. The summed E-state index contributed by atoms with van der Waals surface area (Å²) in [7, 11) is 0. The molecule has 2 aliphatic rings. The smallest absolute Gasteiger partial charge is 0.289 e. The second kappa shape index (κ2) is 7.95. The molecular formula is C25H25N3O3. The van der Waals surface area contributed by atoms with Crippen LogP contribution in [0.3, 0.4) is 0 Å². The highest BCUT2D eigenvalue weighted by Crippen LogP contribution is 2.37. The van der Waals surface area contributed by atoms with Crippen LogP contribution in [0, 0.1) is 13.8 Å². The summed E-state index contributed by atoms with van der Waals surface area (Å²) < 4.78 is 13.6. The number of rotatable bonds is 3. The standard InChI is InChI=1S/C25H25N3O3/c1-17-13-19(7-8-21(17)27-15-18(2)26-16-27)14-24-25(29)28(10-12-31-24)22-9-11-30-23-6-4-3-5-20(22)23/h3-8,13-16,22H,9-12H2,1-2H3/b24-14-/t22-/m0/s1. The molecule has 6 nitrogen and oxygen atoms in total. The van der Waals surface area contributed by atoms with Gasteiger partial charge in [-0.1, -0.05) is 24.3 Å². The highest BCUT2D eigenvalue weighted by atomic mass is 16.5. The van der Waals surface area contributed by atoms with E-state index < -0.39 is 0 Å². The van der Waals surface area contributed by atoms with E-state index in [9.17, 15) is 4.79 Å². The maximum Gasteiger partial charge on any atom is 0.289 e. The summed E-state index contributed by atoms with van der Waals surface area (Å²) in [5, 5.41) is 0. The molecule has 2 aliphatic heterocycles. The highest BCUT2D eigenvalue weighted by Gasteiger charge is 2.34. The maximum atomic E-state index is 13.3. The number of amides is 1. The Morgan fingerprint density at radius 2 is 1.97 bits per heavy atom. The summed E-state index contributed by atoms with van der Waals surface area (Å²) in [6.45, 7) is 5.70. The summed E-state index contributed by atoms with van der Waals surface area (Å²) in [6.07, 6.45) is 6.44. The van der Waals surface area contributed by atoms with E-state index in [0.29, 0.717) is 25.5 Å². The number of aromatic nitrogens is 2. The van der Waals surface area contributed by atoms with E-state index in [0.717, 1.165) is 40.2 Å². The number of carbonyl (C=O) groups excluding carboxylic acids is 1. The SMILES string of the molecule is Cc1cn(-c2ccc(/C=C3\OCCN([C@H]4CCOc5ccccc54)C3=O)cc2C)cn1. The lowest BCUT2D eigenvalue weighted by molar-refractivity contribution is -0.139. The summed E-state index contributed by atoms with van der Waals surface area (Å²) in [4.78, 5) is 19.5. The first-order chi connectivity index (χ1) is 15.1. The molecule has 5 rings (SSSR count). The van der Waals surface area contributed by atoms with Gasteiger partial charge >= 0.3 is 0 Å². The molecule has 31 heavy (non-hydrogen) atoms. The minimum atomic E-state index is -0.0695. The van der Waals surface area contributed by atoms with E-state index >= 15 is 0 Å². The Hall–Kier alpha value is -3.54. The van der Waals surface area contributed by atoms with Crippen LogP contribution in [0.5, 0.6) is 5.75 Å². The largest absolute Gasteiger partial charge is 0.493 e. The van der Waals surface area contributed by atoms with Crippen molar-refractivity contribution < 1.29 is 14.3 Å². The number of hydrogen-bond donors (Lipinski definition) is 0. The first-order valence-electron chi connectivity index (χ1n) is 10.6. The number of ether oxygens (including phenoxy) is 2. The third-order valence-corrected chi connectivity index (χ3v) is 5.87. The van der Waals surface area contributed by atoms with E-state index in [4.69, 9.17) is 9.47 Å². The van der Waals surface area contributed by atoms with Crippen molar-refractivity contribution in [3.05, 3.63) is 83.1 Å². The Balaban J connectivity index is 1.41. The maximum absolute atomic E-state index is 13.3. The molecule has 0 radical (unpaired) electrons. The predicted octanol–water partition coefficient (Wildman–Crippen LogP) is 4.21. The minimum Gasteiger partial charge on any atom is -0.493 e. The van der Waals surface area contributed by atoms with E-state index in [1.165, 1.54) is 0 Å². The lowest BCUT2D eigenvalue weighted by Crippen LogP contribution is -2.44. The summed E-state index contributed by atoms with van der Waals surface area (Å²) in [6, 6.07) is 14.1. The average molecular weight is 415 g/mol. The van der Waals surface area contributed by atoms with Crippen molar-refractivity contribution in [3.8, 4) is 11.4 Å². The number of benzene rings is 2. The molecule has 2 aromatic carbocycles. The lowest BCUT2D eigenvalue weighted by atomic mass is 9.98. The van der Waals surface area contributed by atoms with Crippen molar-refractivity contribution in [2.75, 3.05) is 19.8 Å². The quantitative estimate of drug-likeness (QED) is 0.601. The number of carbonyl (C=O) groups is 1. The first kappa shape index (κ1) is 19.4. The molecule has 1 aromatic heterocycles. The molecule has 0 unspecified atom stereocenters. The second-order valence-electron chi connectivity index (χ2n) is 8.01. The second-order valence-corrected chi connectivity index (χ2v) is 8.01. The molecule has 0 saturated carbocycles. The van der Waals surface area contributed by atoms with Crippen LogP contribution >= 0.6 is 0 Å². The molecular weight excluding hydrogens is 390 g/mol. The molecule has 3 heterocycles. The first-order valence-corrected chi connectivity index (χ1v) is 10.6. The van der Waals surface area contributed by atoms with Crippen LogP contribution in [0.15, 0.2) is 60.7 Å². The fourth-order valence-electron chi connectivity index (χ4n) is 4.37. The van der Waals surface area contributed by atoms with Crippen molar-refractivity contribution in [1.82, 2.24) is 14.5 Å². The van der Waals surface area contributed by atoms with Gasteiger partial charge in [0.15, 0.2) is 5.76 Å². The van der Waals surface area contributed by atoms with Crippen LogP contribution in [0.25, 0.3) is 11.8 Å². The Labute approximate surface area is 181 Å². The molecule has 0 N–H and O–H groups in total. The third-order valence-electron chi connectivity index (χ3n) is 5.87. The number of hydrogen-bond acceptors (Lipinski definition) is 4. The summed E-state index contributed by atoms with van der Waals surface area (Å²) in [5.41, 5.74) is 5.15. The topological polar surface area (TPSA) is 56.6 Å². The van der Waals surface area contributed by atoms with Gasteiger partial charge in [0, 0.05) is 23.9 Å². The molecule has 1 amide bonds. The molecule has 1 saturated heterocycles. The molecule has 1 fully saturated rings. The van der Waals surface area contributed by atoms with E-state index in [1.807, 2.05) is 71.4 Å². The van der Waals surface area contributed by atoms with Crippen molar-refractivity contribution in [3.63, 3.8) is 0 Å². The molecule has 158 valence electrons. The van der Waals surface area contributed by atoms with Gasteiger partial charge in [-0.3, -0.25) is 4.79 Å². The Morgan fingerprint density at radius 3 is 2.77 bits per heavy atom. The normalized spacial score (nSPS) is 19.7. The van der Waals surface area contributed by atoms with E-state index in [1.54, 1.807) is 0 Å². The van der Waals surface area contributed by atoms with Crippen LogP contribution in [-0.4, -0.2) is 40.1 Å². The number of aryl methyl sites for hydroxylation is 2. The third kappa shape index (κ3) is 3.69. The van der Waals surface area contributed by atoms with Gasteiger partial charge in [0.05, 0.1) is 31.2 Å². The molecule has 1 atom stereocenters. The van der Waals surface area contributed by atoms with Gasteiger partial charge in [0.1, 0.15) is 12.4 Å². The van der Waals surface area contributed by atoms with Gasteiger partial charge in [-0.15, -0.1) is 0 Å². The highest BCUT2D eigenvalue weighted by molar-refractivity contribution is 5.96. The van der Waals surface area contributed by atoms with Gasteiger partial charge < -0.3 is 18.9 Å². The molecule has 0 spiro atoms.